The van der Waals surface area contributed by atoms with Gasteiger partial charge in [0.25, 0.3) is 0 Å². The number of hydrogen-bond acceptors (Lipinski definition) is 3. The maximum absolute atomic E-state index is 10.5. The van der Waals surface area contributed by atoms with Gasteiger partial charge in [-0.05, 0) is 24.1 Å². The summed E-state index contributed by atoms with van der Waals surface area (Å²) in [5, 5.41) is 19.0. The lowest BCUT2D eigenvalue weighted by atomic mass is 9.99. The molecule has 1 rings (SSSR count). The van der Waals surface area contributed by atoms with Gasteiger partial charge in [0.2, 0.25) is 0 Å². The van der Waals surface area contributed by atoms with Crippen LogP contribution >= 0.6 is 11.6 Å². The van der Waals surface area contributed by atoms with Crippen molar-refractivity contribution in [2.75, 3.05) is 0 Å². The monoisotopic (exact) mass is 243 g/mol. The number of rotatable bonds is 4. The summed E-state index contributed by atoms with van der Waals surface area (Å²) in [6.07, 6.45) is -1.27. The maximum Gasteiger partial charge on any atom is 0.305 e. The topological polar surface area (TPSA) is 83.5 Å². The zero-order chi connectivity index (χ0) is 12.3. The molecule has 16 heavy (non-hydrogen) atoms. The van der Waals surface area contributed by atoms with Gasteiger partial charge in [-0.25, -0.2) is 0 Å². The quantitative estimate of drug-likeness (QED) is 0.748. The minimum absolute atomic E-state index is 0.275. The molecule has 0 fully saturated rings. The van der Waals surface area contributed by atoms with Gasteiger partial charge in [0.05, 0.1) is 12.5 Å². The summed E-state index contributed by atoms with van der Waals surface area (Å²) in [6, 6.07) is 4.18. The lowest BCUT2D eigenvalue weighted by Gasteiger charge is -2.18. The van der Waals surface area contributed by atoms with Crippen LogP contribution in [0.3, 0.4) is 0 Å². The van der Waals surface area contributed by atoms with Crippen molar-refractivity contribution in [3.05, 3.63) is 34.3 Å². The Morgan fingerprint density at radius 2 is 2.19 bits per heavy atom. The van der Waals surface area contributed by atoms with Crippen LogP contribution in [0, 0.1) is 6.92 Å². The Morgan fingerprint density at radius 3 is 2.69 bits per heavy atom. The Kier molecular flexibility index (Phi) is 4.29. The standard InChI is InChI=1S/C11H14ClNO3/c1-6-4-7(2-3-8(6)12)11(16)9(13)5-10(14)15/h2-4,9,11,16H,5,13H2,1H3,(H,14,15). The van der Waals surface area contributed by atoms with E-state index in [1.54, 1.807) is 25.1 Å². The van der Waals surface area contributed by atoms with Crippen LogP contribution in [0.1, 0.15) is 23.7 Å². The highest BCUT2D eigenvalue weighted by molar-refractivity contribution is 6.31. The molecule has 2 atom stereocenters. The number of nitrogens with two attached hydrogens (primary N) is 1. The predicted octanol–water partition coefficient (Wildman–Crippen LogP) is 1.48. The fourth-order valence-corrected chi connectivity index (χ4v) is 1.53. The Morgan fingerprint density at radius 1 is 1.56 bits per heavy atom. The SMILES string of the molecule is Cc1cc(C(O)C(N)CC(=O)O)ccc1Cl. The van der Waals surface area contributed by atoms with Crippen LogP contribution in [-0.2, 0) is 4.79 Å². The number of aliphatic hydroxyl groups is 1. The number of halogens is 1. The first-order valence-corrected chi connectivity index (χ1v) is 5.21. The third kappa shape index (κ3) is 3.20. The average Bonchev–Trinajstić information content (AvgIpc) is 2.20. The first kappa shape index (κ1) is 13.0. The first-order valence-electron chi connectivity index (χ1n) is 4.83. The average molecular weight is 244 g/mol. The highest BCUT2D eigenvalue weighted by Gasteiger charge is 2.19. The second-order valence-corrected chi connectivity index (χ2v) is 4.12. The van der Waals surface area contributed by atoms with Crippen LogP contribution < -0.4 is 5.73 Å². The van der Waals surface area contributed by atoms with Crippen molar-refractivity contribution in [3.8, 4) is 0 Å². The normalized spacial score (nSPS) is 14.5. The number of aliphatic carboxylic acids is 1. The minimum Gasteiger partial charge on any atom is -0.481 e. The van der Waals surface area contributed by atoms with Gasteiger partial charge in [-0.15, -0.1) is 0 Å². The molecule has 0 heterocycles. The molecule has 0 radical (unpaired) electrons. The third-order valence-corrected chi connectivity index (χ3v) is 2.76. The molecule has 0 bridgehead atoms. The summed E-state index contributed by atoms with van der Waals surface area (Å²) in [7, 11) is 0. The summed E-state index contributed by atoms with van der Waals surface area (Å²) < 4.78 is 0. The van der Waals surface area contributed by atoms with Gasteiger partial charge < -0.3 is 15.9 Å². The minimum atomic E-state index is -1.03. The van der Waals surface area contributed by atoms with Gasteiger partial charge in [-0.3, -0.25) is 4.79 Å². The van der Waals surface area contributed by atoms with Crippen molar-refractivity contribution >= 4 is 17.6 Å². The van der Waals surface area contributed by atoms with Gasteiger partial charge in [0, 0.05) is 11.1 Å². The van der Waals surface area contributed by atoms with Crippen LogP contribution in [0.5, 0.6) is 0 Å². The largest absolute Gasteiger partial charge is 0.481 e. The lowest BCUT2D eigenvalue weighted by molar-refractivity contribution is -0.138. The van der Waals surface area contributed by atoms with E-state index in [2.05, 4.69) is 0 Å². The Balaban J connectivity index is 2.83. The zero-order valence-electron chi connectivity index (χ0n) is 8.85. The van der Waals surface area contributed by atoms with Crippen molar-refractivity contribution in [2.45, 2.75) is 25.5 Å². The molecule has 5 heteroatoms. The predicted molar refractivity (Wildman–Crippen MR) is 61.4 cm³/mol. The molecule has 0 aliphatic carbocycles. The molecule has 2 unspecified atom stereocenters. The molecule has 0 amide bonds. The van der Waals surface area contributed by atoms with Crippen molar-refractivity contribution < 1.29 is 15.0 Å². The molecule has 88 valence electrons. The van der Waals surface area contributed by atoms with E-state index >= 15 is 0 Å². The first-order chi connectivity index (χ1) is 7.41. The second kappa shape index (κ2) is 5.30. The molecule has 1 aromatic carbocycles. The summed E-state index contributed by atoms with van der Waals surface area (Å²) in [5.74, 6) is -1.03. The molecule has 0 aliphatic heterocycles. The van der Waals surface area contributed by atoms with Crippen LogP contribution in [0.15, 0.2) is 18.2 Å². The molecule has 0 saturated heterocycles. The molecule has 4 N–H and O–H groups in total. The van der Waals surface area contributed by atoms with Gasteiger partial charge >= 0.3 is 5.97 Å². The van der Waals surface area contributed by atoms with Crippen LogP contribution in [0.4, 0.5) is 0 Å². The number of hydrogen-bond donors (Lipinski definition) is 3. The van der Waals surface area contributed by atoms with E-state index in [4.69, 9.17) is 22.4 Å². The van der Waals surface area contributed by atoms with Crippen molar-refractivity contribution in [2.24, 2.45) is 5.73 Å². The third-order valence-electron chi connectivity index (χ3n) is 2.34. The van der Waals surface area contributed by atoms with Gasteiger partial charge in [-0.2, -0.15) is 0 Å². The van der Waals surface area contributed by atoms with Crippen molar-refractivity contribution in [3.63, 3.8) is 0 Å². The lowest BCUT2D eigenvalue weighted by Crippen LogP contribution is -2.30. The molecule has 4 nitrogen and oxygen atoms in total. The van der Waals surface area contributed by atoms with E-state index < -0.39 is 18.1 Å². The van der Waals surface area contributed by atoms with E-state index in [-0.39, 0.29) is 6.42 Å². The van der Waals surface area contributed by atoms with Crippen molar-refractivity contribution in [1.82, 2.24) is 0 Å². The number of aliphatic hydroxyl groups excluding tert-OH is 1. The fourth-order valence-electron chi connectivity index (χ4n) is 1.41. The summed E-state index contributed by atoms with van der Waals surface area (Å²) in [5.41, 5.74) is 6.97. The van der Waals surface area contributed by atoms with E-state index in [1.165, 1.54) is 0 Å². The molecular formula is C11H14ClNO3. The van der Waals surface area contributed by atoms with Gasteiger partial charge in [0.15, 0.2) is 0 Å². The molecular weight excluding hydrogens is 230 g/mol. The number of aryl methyl sites for hydroxylation is 1. The zero-order valence-corrected chi connectivity index (χ0v) is 9.61. The molecule has 1 aromatic rings. The Hall–Kier alpha value is -1.10. The smallest absolute Gasteiger partial charge is 0.305 e. The summed E-state index contributed by atoms with van der Waals surface area (Å²) in [6.45, 7) is 1.81. The maximum atomic E-state index is 10.5. The van der Waals surface area contributed by atoms with Gasteiger partial charge in [-0.1, -0.05) is 23.7 Å². The second-order valence-electron chi connectivity index (χ2n) is 3.72. The summed E-state index contributed by atoms with van der Waals surface area (Å²) >= 11 is 5.84. The Bertz CT molecular complexity index is 395. The number of carboxylic acid groups (broad SMARTS) is 1. The van der Waals surface area contributed by atoms with Crippen LogP contribution in [-0.4, -0.2) is 22.2 Å². The van der Waals surface area contributed by atoms with Gasteiger partial charge in [0.1, 0.15) is 0 Å². The number of benzene rings is 1. The Labute approximate surface area is 98.6 Å². The fraction of sp³-hybridized carbons (Fsp3) is 0.364. The molecule has 0 aliphatic rings. The van der Waals surface area contributed by atoms with E-state index in [1.807, 2.05) is 0 Å². The van der Waals surface area contributed by atoms with Crippen molar-refractivity contribution in [1.29, 1.82) is 0 Å². The summed E-state index contributed by atoms with van der Waals surface area (Å²) in [4.78, 5) is 10.5. The van der Waals surface area contributed by atoms with E-state index in [0.717, 1.165) is 5.56 Å². The van der Waals surface area contributed by atoms with Crippen LogP contribution in [0.2, 0.25) is 5.02 Å². The van der Waals surface area contributed by atoms with E-state index in [9.17, 15) is 9.90 Å². The highest BCUT2D eigenvalue weighted by Crippen LogP contribution is 2.23. The van der Waals surface area contributed by atoms with E-state index in [0.29, 0.717) is 10.6 Å². The molecule has 0 saturated carbocycles. The number of carboxylic acids is 1. The molecule has 0 aromatic heterocycles. The molecule has 0 spiro atoms. The highest BCUT2D eigenvalue weighted by atomic mass is 35.5. The number of carbonyl (C=O) groups is 1. The van der Waals surface area contributed by atoms with Crippen LogP contribution in [0.25, 0.3) is 0 Å².